The number of rotatable bonds is 9. The molecule has 248 valence electrons. The predicted molar refractivity (Wildman–Crippen MR) is 219 cm³/mol. The summed E-state index contributed by atoms with van der Waals surface area (Å²) < 4.78 is 0. The van der Waals surface area contributed by atoms with Crippen LogP contribution in [-0.2, 0) is 6.42 Å². The van der Waals surface area contributed by atoms with Crippen LogP contribution in [0.1, 0.15) is 46.6 Å². The van der Waals surface area contributed by atoms with Gasteiger partial charge in [-0.2, -0.15) is 0 Å². The number of aryl methyl sites for hydroxylation is 2. The van der Waals surface area contributed by atoms with Gasteiger partial charge in [-0.15, -0.1) is 0 Å². The minimum atomic E-state index is 0.330. The van der Waals surface area contributed by atoms with Gasteiger partial charge < -0.3 is 4.90 Å². The van der Waals surface area contributed by atoms with Crippen LogP contribution >= 0.6 is 0 Å². The Morgan fingerprint density at radius 3 is 1.75 bits per heavy atom. The summed E-state index contributed by atoms with van der Waals surface area (Å²) >= 11 is 0. The van der Waals surface area contributed by atoms with E-state index >= 15 is 0 Å². The molecule has 8 rings (SSSR count). The first-order valence-electron chi connectivity index (χ1n) is 18.1. The van der Waals surface area contributed by atoms with Gasteiger partial charge in [0.15, 0.2) is 0 Å². The average molecular weight is 658 g/mol. The smallest absolute Gasteiger partial charge is 0.0540 e. The molecule has 8 aromatic rings. The highest BCUT2D eigenvalue weighted by atomic mass is 15.1. The van der Waals surface area contributed by atoms with Crippen LogP contribution in [0.4, 0.5) is 17.1 Å². The average Bonchev–Trinajstić information content (AvgIpc) is 3.17. The number of hydrogen-bond donors (Lipinski definition) is 0. The fourth-order valence-corrected chi connectivity index (χ4v) is 7.83. The maximum absolute atomic E-state index is 2.40. The standard InChI is InChI=1S/C50H43N/c1-35-12-8-14-38(32-35)34-49(48-22-10-17-42-15-4-6-20-46(42)48)37(3)39-24-26-40(27-25-39)41-28-30-44(31-29-41)51(45-19-9-13-36(2)33-45)50-23-11-18-43-16-5-7-21-47(43)50/h4-33,37,49H,34H2,1-3H3. The summed E-state index contributed by atoms with van der Waals surface area (Å²) in [4.78, 5) is 2.38. The molecule has 8 aromatic carbocycles. The molecule has 0 fully saturated rings. The lowest BCUT2D eigenvalue weighted by Crippen LogP contribution is -2.12. The highest BCUT2D eigenvalue weighted by Crippen LogP contribution is 2.41. The third kappa shape index (κ3) is 6.68. The van der Waals surface area contributed by atoms with Gasteiger partial charge in [0.2, 0.25) is 0 Å². The number of hydrogen-bond acceptors (Lipinski definition) is 1. The molecule has 0 saturated heterocycles. The van der Waals surface area contributed by atoms with Gasteiger partial charge in [-0.3, -0.25) is 0 Å². The lowest BCUT2D eigenvalue weighted by Gasteiger charge is -2.27. The number of anilines is 3. The Balaban J connectivity index is 1.11. The summed E-state index contributed by atoms with van der Waals surface area (Å²) in [6, 6.07) is 66.9. The molecule has 1 heteroatoms. The Labute approximate surface area is 302 Å². The Morgan fingerprint density at radius 2 is 1.04 bits per heavy atom. The van der Waals surface area contributed by atoms with Crippen LogP contribution in [0.15, 0.2) is 182 Å². The lowest BCUT2D eigenvalue weighted by molar-refractivity contribution is 0.576. The molecule has 0 aliphatic heterocycles. The van der Waals surface area contributed by atoms with Gasteiger partial charge in [0.1, 0.15) is 0 Å². The van der Waals surface area contributed by atoms with Gasteiger partial charge in [-0.1, -0.05) is 164 Å². The van der Waals surface area contributed by atoms with E-state index in [1.54, 1.807) is 0 Å². The van der Waals surface area contributed by atoms with E-state index in [1.807, 2.05) is 0 Å². The van der Waals surface area contributed by atoms with Crippen LogP contribution in [0.5, 0.6) is 0 Å². The molecule has 2 unspecified atom stereocenters. The van der Waals surface area contributed by atoms with Crippen LogP contribution in [-0.4, -0.2) is 0 Å². The van der Waals surface area contributed by atoms with E-state index in [1.165, 1.54) is 66.2 Å². The zero-order chi connectivity index (χ0) is 34.7. The number of benzene rings is 8. The summed E-state index contributed by atoms with van der Waals surface area (Å²) in [6.45, 7) is 6.75. The van der Waals surface area contributed by atoms with Crippen LogP contribution in [0, 0.1) is 13.8 Å². The summed E-state index contributed by atoms with van der Waals surface area (Å²) in [5.74, 6) is 0.668. The van der Waals surface area contributed by atoms with Crippen molar-refractivity contribution in [3.05, 3.63) is 210 Å². The van der Waals surface area contributed by atoms with Gasteiger partial charge in [0.25, 0.3) is 0 Å². The van der Waals surface area contributed by atoms with Crippen molar-refractivity contribution < 1.29 is 0 Å². The first kappa shape index (κ1) is 32.3. The monoisotopic (exact) mass is 657 g/mol. The van der Waals surface area contributed by atoms with E-state index in [9.17, 15) is 0 Å². The van der Waals surface area contributed by atoms with Gasteiger partial charge >= 0.3 is 0 Å². The first-order valence-corrected chi connectivity index (χ1v) is 18.1. The summed E-state index contributed by atoms with van der Waals surface area (Å²) in [7, 11) is 0. The Hall–Kier alpha value is -5.92. The molecular formula is C50H43N. The molecule has 0 aromatic heterocycles. The summed E-state index contributed by atoms with van der Waals surface area (Å²) in [5, 5.41) is 5.13. The third-order valence-electron chi connectivity index (χ3n) is 10.5. The Kier molecular flexibility index (Phi) is 8.95. The molecule has 0 amide bonds. The molecular weight excluding hydrogens is 615 g/mol. The topological polar surface area (TPSA) is 3.24 Å². The zero-order valence-corrected chi connectivity index (χ0v) is 29.6. The van der Waals surface area contributed by atoms with Crippen molar-refractivity contribution in [1.29, 1.82) is 0 Å². The Bertz CT molecular complexity index is 2430. The fourth-order valence-electron chi connectivity index (χ4n) is 7.83. The minimum absolute atomic E-state index is 0.330. The number of fused-ring (bicyclic) bond motifs is 2. The fraction of sp³-hybridized carbons (Fsp3) is 0.120. The van der Waals surface area contributed by atoms with E-state index in [2.05, 4.69) is 208 Å². The summed E-state index contributed by atoms with van der Waals surface area (Å²) in [5.41, 5.74) is 12.6. The molecule has 2 atom stereocenters. The molecule has 0 spiro atoms. The van der Waals surface area contributed by atoms with Crippen molar-refractivity contribution in [3.63, 3.8) is 0 Å². The van der Waals surface area contributed by atoms with Crippen LogP contribution in [0.2, 0.25) is 0 Å². The highest BCUT2D eigenvalue weighted by Gasteiger charge is 2.24. The van der Waals surface area contributed by atoms with Crippen LogP contribution < -0.4 is 4.90 Å². The molecule has 1 nitrogen and oxygen atoms in total. The van der Waals surface area contributed by atoms with E-state index in [0.717, 1.165) is 17.8 Å². The second kappa shape index (κ2) is 14.1. The molecule has 0 bridgehead atoms. The molecule has 0 heterocycles. The lowest BCUT2D eigenvalue weighted by atomic mass is 9.77. The molecule has 0 saturated carbocycles. The normalized spacial score (nSPS) is 12.5. The van der Waals surface area contributed by atoms with Crippen molar-refractivity contribution in [1.82, 2.24) is 0 Å². The molecule has 0 radical (unpaired) electrons. The molecule has 0 aliphatic carbocycles. The molecule has 0 aliphatic rings. The van der Waals surface area contributed by atoms with Crippen LogP contribution in [0.3, 0.4) is 0 Å². The van der Waals surface area contributed by atoms with E-state index < -0.39 is 0 Å². The van der Waals surface area contributed by atoms with Gasteiger partial charge in [0.05, 0.1) is 5.69 Å². The van der Waals surface area contributed by atoms with E-state index in [0.29, 0.717) is 11.8 Å². The van der Waals surface area contributed by atoms with Crippen LogP contribution in [0.25, 0.3) is 32.7 Å². The molecule has 0 N–H and O–H groups in total. The largest absolute Gasteiger partial charge is 0.310 e. The minimum Gasteiger partial charge on any atom is -0.310 e. The maximum atomic E-state index is 2.40. The van der Waals surface area contributed by atoms with E-state index in [4.69, 9.17) is 0 Å². The van der Waals surface area contributed by atoms with Crippen molar-refractivity contribution >= 4 is 38.6 Å². The Morgan fingerprint density at radius 1 is 0.471 bits per heavy atom. The summed E-state index contributed by atoms with van der Waals surface area (Å²) in [6.07, 6.45) is 0.994. The van der Waals surface area contributed by atoms with E-state index in [-0.39, 0.29) is 0 Å². The quantitative estimate of drug-likeness (QED) is 0.149. The second-order valence-electron chi connectivity index (χ2n) is 14.0. The van der Waals surface area contributed by atoms with Crippen molar-refractivity contribution in [2.45, 2.75) is 39.0 Å². The maximum Gasteiger partial charge on any atom is 0.0540 e. The van der Waals surface area contributed by atoms with Gasteiger partial charge in [-0.05, 0) is 112 Å². The van der Waals surface area contributed by atoms with Gasteiger partial charge in [0, 0.05) is 16.8 Å². The predicted octanol–water partition coefficient (Wildman–Crippen LogP) is 13.9. The van der Waals surface area contributed by atoms with Crippen molar-refractivity contribution in [2.75, 3.05) is 4.90 Å². The third-order valence-corrected chi connectivity index (χ3v) is 10.5. The zero-order valence-electron chi connectivity index (χ0n) is 29.6. The second-order valence-corrected chi connectivity index (χ2v) is 14.0. The van der Waals surface area contributed by atoms with Crippen molar-refractivity contribution in [2.24, 2.45) is 0 Å². The van der Waals surface area contributed by atoms with Crippen molar-refractivity contribution in [3.8, 4) is 11.1 Å². The molecule has 51 heavy (non-hydrogen) atoms. The number of nitrogens with zero attached hydrogens (tertiary/aromatic N) is 1. The first-order chi connectivity index (χ1) is 25.0. The van der Waals surface area contributed by atoms with Gasteiger partial charge in [-0.25, -0.2) is 0 Å². The highest BCUT2D eigenvalue weighted by molar-refractivity contribution is 5.99. The SMILES string of the molecule is Cc1cccc(CC(c2cccc3ccccc23)C(C)c2ccc(-c3ccc(N(c4cccc(C)c4)c4cccc5ccccc45)cc3)cc2)c1.